The van der Waals surface area contributed by atoms with E-state index in [0.29, 0.717) is 12.8 Å². The first-order valence-corrected chi connectivity index (χ1v) is 5.78. The van der Waals surface area contributed by atoms with Crippen molar-refractivity contribution in [1.82, 2.24) is 4.90 Å². The fourth-order valence-electron chi connectivity index (χ4n) is 1.97. The van der Waals surface area contributed by atoms with Crippen LogP contribution in [0.25, 0.3) is 0 Å². The van der Waals surface area contributed by atoms with Crippen molar-refractivity contribution in [2.75, 3.05) is 13.1 Å². The second kappa shape index (κ2) is 6.63. The summed E-state index contributed by atoms with van der Waals surface area (Å²) in [5.74, 6) is 2.80. The Hall–Kier alpha value is -0.810. The van der Waals surface area contributed by atoms with E-state index in [2.05, 4.69) is 31.6 Å². The molecule has 0 N–H and O–H groups in total. The number of hydrogen-bond acceptors (Lipinski definition) is 2. The minimum atomic E-state index is -0.333. The number of hydrogen-bond donors (Lipinski definition) is 0. The first kappa shape index (κ1) is 14.2. The van der Waals surface area contributed by atoms with E-state index in [1.54, 1.807) is 0 Å². The highest BCUT2D eigenvalue weighted by molar-refractivity contribution is 5.88. The normalized spacial score (nSPS) is 14.7. The van der Waals surface area contributed by atoms with Crippen LogP contribution in [-0.4, -0.2) is 29.3 Å². The third kappa shape index (κ3) is 3.35. The number of rotatable bonds is 7. The number of ketones is 1. The summed E-state index contributed by atoms with van der Waals surface area (Å²) < 4.78 is 0. The van der Waals surface area contributed by atoms with Crippen molar-refractivity contribution in [2.45, 2.75) is 52.5 Å². The summed E-state index contributed by atoms with van der Waals surface area (Å²) in [6.45, 7) is 10.1. The topological polar surface area (TPSA) is 20.3 Å². The smallest absolute Gasteiger partial charge is 0.153 e. The van der Waals surface area contributed by atoms with Gasteiger partial charge in [-0.25, -0.2) is 0 Å². The van der Waals surface area contributed by atoms with Gasteiger partial charge < -0.3 is 0 Å². The van der Waals surface area contributed by atoms with Gasteiger partial charge in [-0.1, -0.05) is 20.8 Å². The summed E-state index contributed by atoms with van der Waals surface area (Å²) in [6, 6.07) is 0. The van der Waals surface area contributed by atoms with E-state index in [4.69, 9.17) is 6.42 Å². The van der Waals surface area contributed by atoms with Gasteiger partial charge in [-0.05, 0) is 26.4 Å². The Morgan fingerprint density at radius 1 is 1.33 bits per heavy atom. The largest absolute Gasteiger partial charge is 0.298 e. The molecule has 0 saturated heterocycles. The summed E-state index contributed by atoms with van der Waals surface area (Å²) >= 11 is 0. The first-order valence-electron chi connectivity index (χ1n) is 5.78. The molecule has 0 aliphatic heterocycles. The van der Waals surface area contributed by atoms with E-state index >= 15 is 0 Å². The fourth-order valence-corrected chi connectivity index (χ4v) is 1.97. The van der Waals surface area contributed by atoms with Crippen LogP contribution < -0.4 is 0 Å². The molecular weight excluding hydrogens is 186 g/mol. The Morgan fingerprint density at radius 2 is 1.87 bits per heavy atom. The summed E-state index contributed by atoms with van der Waals surface area (Å²) in [4.78, 5) is 14.3. The molecule has 0 aromatic heterocycles. The summed E-state index contributed by atoms with van der Waals surface area (Å²) in [5, 5.41) is 0. The number of nitrogens with zero attached hydrogens (tertiary/aromatic N) is 1. The fraction of sp³-hybridized carbons (Fsp3) is 0.769. The van der Waals surface area contributed by atoms with Crippen molar-refractivity contribution < 1.29 is 4.79 Å². The average molecular weight is 209 g/mol. The molecule has 0 rings (SSSR count). The van der Waals surface area contributed by atoms with Crippen molar-refractivity contribution in [1.29, 1.82) is 0 Å². The van der Waals surface area contributed by atoms with Crippen LogP contribution in [0.4, 0.5) is 0 Å². The summed E-state index contributed by atoms with van der Waals surface area (Å²) in [7, 11) is 0. The highest BCUT2D eigenvalue weighted by Gasteiger charge is 2.34. The van der Waals surface area contributed by atoms with Crippen LogP contribution in [0, 0.1) is 12.3 Å². The molecule has 0 heterocycles. The lowest BCUT2D eigenvalue weighted by Gasteiger charge is -2.38. The third-order valence-electron chi connectivity index (χ3n) is 3.25. The Labute approximate surface area is 94.0 Å². The van der Waals surface area contributed by atoms with E-state index in [-0.39, 0.29) is 11.3 Å². The molecular formula is C13H23NO. The van der Waals surface area contributed by atoms with Crippen LogP contribution >= 0.6 is 0 Å². The van der Waals surface area contributed by atoms with Gasteiger partial charge >= 0.3 is 0 Å². The van der Waals surface area contributed by atoms with Gasteiger partial charge in [-0.2, -0.15) is 0 Å². The second-order valence-corrected chi connectivity index (χ2v) is 3.93. The number of terminal acetylenes is 1. The summed E-state index contributed by atoms with van der Waals surface area (Å²) in [5.41, 5.74) is -0.333. The number of carbonyl (C=O) groups is 1. The molecule has 2 heteroatoms. The Kier molecular flexibility index (Phi) is 6.27. The van der Waals surface area contributed by atoms with Crippen molar-refractivity contribution in [2.24, 2.45) is 0 Å². The zero-order chi connectivity index (χ0) is 11.9. The molecule has 15 heavy (non-hydrogen) atoms. The van der Waals surface area contributed by atoms with Crippen LogP contribution in [0.1, 0.15) is 47.0 Å². The van der Waals surface area contributed by atoms with Gasteiger partial charge in [-0.3, -0.25) is 9.69 Å². The van der Waals surface area contributed by atoms with Crippen LogP contribution in [-0.2, 0) is 4.79 Å². The number of carbonyl (C=O) groups excluding carboxylic acids is 1. The Balaban J connectivity index is 4.67. The van der Waals surface area contributed by atoms with E-state index in [9.17, 15) is 4.79 Å². The van der Waals surface area contributed by atoms with Gasteiger partial charge in [0.1, 0.15) is 0 Å². The van der Waals surface area contributed by atoms with Gasteiger partial charge in [0.2, 0.25) is 0 Å². The highest BCUT2D eigenvalue weighted by Crippen LogP contribution is 2.22. The van der Waals surface area contributed by atoms with Crippen LogP contribution in [0.3, 0.4) is 0 Å². The molecule has 1 atom stereocenters. The maximum Gasteiger partial charge on any atom is 0.153 e. The minimum absolute atomic E-state index is 0.270. The second-order valence-electron chi connectivity index (χ2n) is 3.93. The van der Waals surface area contributed by atoms with Gasteiger partial charge in [0.25, 0.3) is 0 Å². The first-order chi connectivity index (χ1) is 7.06. The number of likely N-dealkylation sites (N-methyl/N-ethyl adjacent to an activating group) is 1. The molecule has 1 unspecified atom stereocenters. The van der Waals surface area contributed by atoms with E-state index in [0.717, 1.165) is 19.5 Å². The molecule has 0 bridgehead atoms. The van der Waals surface area contributed by atoms with E-state index in [1.165, 1.54) is 0 Å². The lowest BCUT2D eigenvalue weighted by Crippen LogP contribution is -2.51. The van der Waals surface area contributed by atoms with Gasteiger partial charge in [0, 0.05) is 12.8 Å². The van der Waals surface area contributed by atoms with Crippen molar-refractivity contribution >= 4 is 5.78 Å². The maximum absolute atomic E-state index is 12.1. The van der Waals surface area contributed by atoms with Crippen LogP contribution in [0.5, 0.6) is 0 Å². The summed E-state index contributed by atoms with van der Waals surface area (Å²) in [6.07, 6.45) is 7.08. The molecule has 2 nitrogen and oxygen atoms in total. The minimum Gasteiger partial charge on any atom is -0.298 e. The van der Waals surface area contributed by atoms with Crippen molar-refractivity contribution in [3.63, 3.8) is 0 Å². The zero-order valence-electron chi connectivity index (χ0n) is 10.5. The van der Waals surface area contributed by atoms with Gasteiger partial charge in [-0.15, -0.1) is 12.3 Å². The standard InChI is InChI=1S/C13H23NO/c1-6-10-11-12(15)13(5,7-2)14(8-3)9-4/h1H,7-11H2,2-5H3. The molecule has 0 amide bonds. The lowest BCUT2D eigenvalue weighted by molar-refractivity contribution is -0.130. The molecule has 0 aromatic rings. The highest BCUT2D eigenvalue weighted by atomic mass is 16.1. The Bertz CT molecular complexity index is 237. The molecule has 0 fully saturated rings. The average Bonchev–Trinajstić information content (AvgIpc) is 2.26. The van der Waals surface area contributed by atoms with E-state index in [1.807, 2.05) is 6.92 Å². The third-order valence-corrected chi connectivity index (χ3v) is 3.25. The van der Waals surface area contributed by atoms with Crippen molar-refractivity contribution in [3.8, 4) is 12.3 Å². The Morgan fingerprint density at radius 3 is 2.20 bits per heavy atom. The monoisotopic (exact) mass is 209 g/mol. The maximum atomic E-state index is 12.1. The van der Waals surface area contributed by atoms with Crippen LogP contribution in [0.15, 0.2) is 0 Å². The zero-order valence-corrected chi connectivity index (χ0v) is 10.5. The lowest BCUT2D eigenvalue weighted by atomic mass is 9.88. The molecule has 0 spiro atoms. The van der Waals surface area contributed by atoms with Crippen LogP contribution in [0.2, 0.25) is 0 Å². The molecule has 0 aromatic carbocycles. The molecule has 0 aliphatic carbocycles. The molecule has 0 aliphatic rings. The predicted molar refractivity (Wildman–Crippen MR) is 64.7 cm³/mol. The van der Waals surface area contributed by atoms with Crippen molar-refractivity contribution in [3.05, 3.63) is 0 Å². The molecule has 0 saturated carbocycles. The quantitative estimate of drug-likeness (QED) is 0.600. The SMILES string of the molecule is C#CCCC(=O)C(C)(CC)N(CC)CC. The molecule has 86 valence electrons. The number of Topliss-reactive ketones (excluding diaryl/α,β-unsaturated/α-hetero) is 1. The predicted octanol–water partition coefficient (Wildman–Crippen LogP) is 2.48. The molecule has 0 radical (unpaired) electrons. The van der Waals surface area contributed by atoms with Gasteiger partial charge in [0.05, 0.1) is 5.54 Å². The van der Waals surface area contributed by atoms with Gasteiger partial charge in [0.15, 0.2) is 5.78 Å². The van der Waals surface area contributed by atoms with E-state index < -0.39 is 0 Å².